The molecule has 1 unspecified atom stereocenters. The molecule has 0 saturated carbocycles. The van der Waals surface area contributed by atoms with Gasteiger partial charge in [-0.3, -0.25) is 0 Å². The molecule has 1 aromatic rings. The SMILES string of the molecule is Cc1cccc(C(OC(C)C)C(=O)O)c1. The summed E-state index contributed by atoms with van der Waals surface area (Å²) in [6, 6.07) is 7.37. The molecule has 0 heterocycles. The van der Waals surface area contributed by atoms with Crippen LogP contribution in [0.2, 0.25) is 0 Å². The highest BCUT2D eigenvalue weighted by molar-refractivity contribution is 5.74. The van der Waals surface area contributed by atoms with Gasteiger partial charge >= 0.3 is 5.97 Å². The van der Waals surface area contributed by atoms with Gasteiger partial charge in [-0.25, -0.2) is 4.79 Å². The summed E-state index contributed by atoms with van der Waals surface area (Å²) in [7, 11) is 0. The van der Waals surface area contributed by atoms with E-state index in [1.165, 1.54) is 0 Å². The van der Waals surface area contributed by atoms with Crippen molar-refractivity contribution in [1.29, 1.82) is 0 Å². The monoisotopic (exact) mass is 208 g/mol. The molecule has 0 aliphatic heterocycles. The molecule has 0 fully saturated rings. The van der Waals surface area contributed by atoms with Crippen molar-refractivity contribution in [2.24, 2.45) is 0 Å². The maximum absolute atomic E-state index is 11.0. The molecule has 0 bridgehead atoms. The molecule has 1 N–H and O–H groups in total. The van der Waals surface area contributed by atoms with Crippen molar-refractivity contribution < 1.29 is 14.6 Å². The third-order valence-corrected chi connectivity index (χ3v) is 1.98. The Morgan fingerprint density at radius 3 is 2.53 bits per heavy atom. The Kier molecular flexibility index (Phi) is 3.86. The molecule has 0 radical (unpaired) electrons. The van der Waals surface area contributed by atoms with Gasteiger partial charge in [-0.05, 0) is 26.3 Å². The molecule has 0 spiro atoms. The first kappa shape index (κ1) is 11.7. The van der Waals surface area contributed by atoms with Crippen LogP contribution in [0.4, 0.5) is 0 Å². The van der Waals surface area contributed by atoms with Crippen LogP contribution in [0.3, 0.4) is 0 Å². The highest BCUT2D eigenvalue weighted by Gasteiger charge is 2.21. The molecule has 0 amide bonds. The standard InChI is InChI=1S/C12H16O3/c1-8(2)15-11(12(13)14)10-6-4-5-9(3)7-10/h4-8,11H,1-3H3,(H,13,14). The maximum Gasteiger partial charge on any atom is 0.337 e. The third-order valence-electron chi connectivity index (χ3n) is 1.98. The Morgan fingerprint density at radius 2 is 2.07 bits per heavy atom. The molecular formula is C12H16O3. The average Bonchev–Trinajstić information content (AvgIpc) is 2.13. The zero-order valence-corrected chi connectivity index (χ0v) is 9.23. The lowest BCUT2D eigenvalue weighted by atomic mass is 10.1. The molecule has 3 heteroatoms. The fourth-order valence-electron chi connectivity index (χ4n) is 1.38. The number of rotatable bonds is 4. The van der Waals surface area contributed by atoms with Crippen LogP contribution in [0.25, 0.3) is 0 Å². The third kappa shape index (κ3) is 3.36. The van der Waals surface area contributed by atoms with E-state index in [1.54, 1.807) is 6.07 Å². The Morgan fingerprint density at radius 1 is 1.40 bits per heavy atom. The molecule has 0 aromatic heterocycles. The topological polar surface area (TPSA) is 46.5 Å². The molecule has 1 aromatic carbocycles. The van der Waals surface area contributed by atoms with Crippen LogP contribution in [0, 0.1) is 6.92 Å². The molecular weight excluding hydrogens is 192 g/mol. The van der Waals surface area contributed by atoms with Gasteiger partial charge in [0, 0.05) is 0 Å². The van der Waals surface area contributed by atoms with Crippen LogP contribution in [-0.2, 0) is 9.53 Å². The van der Waals surface area contributed by atoms with Gasteiger partial charge in [0.2, 0.25) is 0 Å². The van der Waals surface area contributed by atoms with E-state index in [2.05, 4.69) is 0 Å². The molecule has 1 rings (SSSR count). The van der Waals surface area contributed by atoms with Gasteiger partial charge in [0.15, 0.2) is 6.10 Å². The van der Waals surface area contributed by atoms with Gasteiger partial charge in [-0.2, -0.15) is 0 Å². The van der Waals surface area contributed by atoms with E-state index in [9.17, 15) is 4.79 Å². The molecule has 3 nitrogen and oxygen atoms in total. The van der Waals surface area contributed by atoms with E-state index in [4.69, 9.17) is 9.84 Å². The largest absolute Gasteiger partial charge is 0.479 e. The van der Waals surface area contributed by atoms with E-state index in [-0.39, 0.29) is 6.10 Å². The fraction of sp³-hybridized carbons (Fsp3) is 0.417. The molecule has 82 valence electrons. The minimum absolute atomic E-state index is 0.105. The number of carbonyl (C=O) groups is 1. The van der Waals surface area contributed by atoms with Gasteiger partial charge in [0.1, 0.15) is 0 Å². The van der Waals surface area contributed by atoms with Gasteiger partial charge in [-0.15, -0.1) is 0 Å². The number of benzene rings is 1. The predicted molar refractivity (Wildman–Crippen MR) is 57.8 cm³/mol. The molecule has 1 atom stereocenters. The van der Waals surface area contributed by atoms with Crippen molar-refractivity contribution in [2.75, 3.05) is 0 Å². The molecule has 0 aliphatic rings. The van der Waals surface area contributed by atoms with E-state index in [1.807, 2.05) is 39.0 Å². The summed E-state index contributed by atoms with van der Waals surface area (Å²) in [4.78, 5) is 11.0. The normalized spacial score (nSPS) is 12.8. The lowest BCUT2D eigenvalue weighted by molar-refractivity contribution is -0.153. The van der Waals surface area contributed by atoms with Crippen LogP contribution in [0.5, 0.6) is 0 Å². The molecule has 0 aliphatic carbocycles. The maximum atomic E-state index is 11.0. The Bertz CT molecular complexity index is 344. The van der Waals surface area contributed by atoms with Crippen LogP contribution >= 0.6 is 0 Å². The Hall–Kier alpha value is -1.35. The van der Waals surface area contributed by atoms with E-state index >= 15 is 0 Å². The van der Waals surface area contributed by atoms with Gasteiger partial charge in [0.25, 0.3) is 0 Å². The van der Waals surface area contributed by atoms with Crippen LogP contribution < -0.4 is 0 Å². The number of hydrogen-bond donors (Lipinski definition) is 1. The summed E-state index contributed by atoms with van der Waals surface area (Å²) < 4.78 is 5.35. The van der Waals surface area contributed by atoms with Crippen molar-refractivity contribution in [3.05, 3.63) is 35.4 Å². The van der Waals surface area contributed by atoms with Crippen molar-refractivity contribution in [3.63, 3.8) is 0 Å². The predicted octanol–water partition coefficient (Wildman–Crippen LogP) is 2.55. The molecule has 0 saturated heterocycles. The first-order chi connectivity index (χ1) is 7.00. The zero-order valence-electron chi connectivity index (χ0n) is 9.23. The van der Waals surface area contributed by atoms with Crippen LogP contribution in [0.1, 0.15) is 31.1 Å². The summed E-state index contributed by atoms with van der Waals surface area (Å²) >= 11 is 0. The van der Waals surface area contributed by atoms with Crippen molar-refractivity contribution in [1.82, 2.24) is 0 Å². The average molecular weight is 208 g/mol. The Balaban J connectivity index is 2.94. The minimum Gasteiger partial charge on any atom is -0.479 e. The number of hydrogen-bond acceptors (Lipinski definition) is 2. The smallest absolute Gasteiger partial charge is 0.337 e. The lowest BCUT2D eigenvalue weighted by Gasteiger charge is -2.17. The quantitative estimate of drug-likeness (QED) is 0.827. The van der Waals surface area contributed by atoms with E-state index in [0.717, 1.165) is 5.56 Å². The summed E-state index contributed by atoms with van der Waals surface area (Å²) in [5.74, 6) is -0.950. The number of carboxylic acid groups (broad SMARTS) is 1. The first-order valence-electron chi connectivity index (χ1n) is 4.95. The highest BCUT2D eigenvalue weighted by Crippen LogP contribution is 2.20. The second-order valence-electron chi connectivity index (χ2n) is 3.82. The summed E-state index contributed by atoms with van der Waals surface area (Å²) in [5.41, 5.74) is 1.72. The van der Waals surface area contributed by atoms with Crippen LogP contribution in [-0.4, -0.2) is 17.2 Å². The first-order valence-corrected chi connectivity index (χ1v) is 4.95. The number of aryl methyl sites for hydroxylation is 1. The van der Waals surface area contributed by atoms with Crippen molar-refractivity contribution in [2.45, 2.75) is 33.0 Å². The van der Waals surface area contributed by atoms with Crippen molar-refractivity contribution in [3.8, 4) is 0 Å². The lowest BCUT2D eigenvalue weighted by Crippen LogP contribution is -2.19. The van der Waals surface area contributed by atoms with E-state index in [0.29, 0.717) is 5.56 Å². The second-order valence-corrected chi connectivity index (χ2v) is 3.82. The van der Waals surface area contributed by atoms with Gasteiger partial charge < -0.3 is 9.84 Å². The minimum atomic E-state index is -0.950. The molecule has 15 heavy (non-hydrogen) atoms. The fourth-order valence-corrected chi connectivity index (χ4v) is 1.38. The summed E-state index contributed by atoms with van der Waals surface area (Å²) in [6.45, 7) is 5.58. The summed E-state index contributed by atoms with van der Waals surface area (Å²) in [5, 5.41) is 9.04. The number of ether oxygens (including phenoxy) is 1. The summed E-state index contributed by atoms with van der Waals surface area (Å²) in [6.07, 6.45) is -0.975. The van der Waals surface area contributed by atoms with Gasteiger partial charge in [-0.1, -0.05) is 29.8 Å². The Labute approximate surface area is 89.7 Å². The van der Waals surface area contributed by atoms with Crippen molar-refractivity contribution >= 4 is 5.97 Å². The number of aliphatic carboxylic acids is 1. The van der Waals surface area contributed by atoms with Crippen LogP contribution in [0.15, 0.2) is 24.3 Å². The highest BCUT2D eigenvalue weighted by atomic mass is 16.5. The number of carboxylic acids is 1. The van der Waals surface area contributed by atoms with Gasteiger partial charge in [0.05, 0.1) is 6.10 Å². The second kappa shape index (κ2) is 4.94. The zero-order chi connectivity index (χ0) is 11.4. The van der Waals surface area contributed by atoms with E-state index < -0.39 is 12.1 Å².